The van der Waals surface area contributed by atoms with Crippen LogP contribution in [0, 0.1) is 0 Å². The maximum atomic E-state index is 12.5. The van der Waals surface area contributed by atoms with E-state index in [4.69, 9.17) is 10.5 Å². The number of hydrogen-bond acceptors (Lipinski definition) is 3. The molecule has 0 saturated carbocycles. The summed E-state index contributed by atoms with van der Waals surface area (Å²) in [7, 11) is 0. The maximum Gasteiger partial charge on any atom is 0.416 e. The molecule has 3 nitrogen and oxygen atoms in total. The first-order valence-corrected chi connectivity index (χ1v) is 6.35. The van der Waals surface area contributed by atoms with Crippen molar-refractivity contribution in [1.82, 2.24) is 4.98 Å². The summed E-state index contributed by atoms with van der Waals surface area (Å²) in [4.78, 5) is 4.09. The van der Waals surface area contributed by atoms with E-state index in [9.17, 15) is 13.2 Å². The van der Waals surface area contributed by atoms with Crippen LogP contribution < -0.4 is 10.5 Å². The Morgan fingerprint density at radius 1 is 1.20 bits per heavy atom. The van der Waals surface area contributed by atoms with E-state index in [0.29, 0.717) is 5.69 Å². The fourth-order valence-corrected chi connectivity index (χ4v) is 1.73. The lowest BCUT2D eigenvalue weighted by Gasteiger charge is -2.11. The molecular weight excluding hydrogens is 337 g/mol. The molecule has 1 heterocycles. The molecule has 2 aromatic rings. The molecule has 1 aromatic heterocycles. The molecule has 0 bridgehead atoms. The zero-order valence-electron chi connectivity index (χ0n) is 10.1. The molecule has 1 aromatic carbocycles. The summed E-state index contributed by atoms with van der Waals surface area (Å²) in [6, 6.07) is 6.52. The number of nitrogen functional groups attached to an aromatic ring is 1. The van der Waals surface area contributed by atoms with E-state index in [1.165, 1.54) is 6.07 Å². The summed E-state index contributed by atoms with van der Waals surface area (Å²) in [5.41, 5.74) is 5.34. The number of alkyl halides is 3. The van der Waals surface area contributed by atoms with Gasteiger partial charge in [0, 0.05) is 10.7 Å². The highest BCUT2D eigenvalue weighted by Gasteiger charge is 2.30. The van der Waals surface area contributed by atoms with Gasteiger partial charge in [-0.15, -0.1) is 0 Å². The highest BCUT2D eigenvalue weighted by molar-refractivity contribution is 9.10. The number of pyridine rings is 1. The van der Waals surface area contributed by atoms with Crippen LogP contribution in [-0.4, -0.2) is 4.98 Å². The van der Waals surface area contributed by atoms with Gasteiger partial charge < -0.3 is 10.5 Å². The Kier molecular flexibility index (Phi) is 4.17. The van der Waals surface area contributed by atoms with E-state index in [1.807, 2.05) is 0 Å². The zero-order valence-corrected chi connectivity index (χ0v) is 11.7. The van der Waals surface area contributed by atoms with Crippen molar-refractivity contribution in [3.63, 3.8) is 0 Å². The standard InChI is InChI=1S/C13H10BrF3N2O/c14-9-2-3-10(19-6-9)7-20-12-4-1-8(5-11(12)18)13(15,16)17/h1-6H,7,18H2. The van der Waals surface area contributed by atoms with E-state index in [1.54, 1.807) is 18.3 Å². The maximum absolute atomic E-state index is 12.5. The molecule has 106 valence electrons. The van der Waals surface area contributed by atoms with Crippen molar-refractivity contribution < 1.29 is 17.9 Å². The van der Waals surface area contributed by atoms with Crippen LogP contribution in [0.1, 0.15) is 11.3 Å². The molecular formula is C13H10BrF3N2O. The first kappa shape index (κ1) is 14.6. The van der Waals surface area contributed by atoms with Crippen LogP contribution >= 0.6 is 15.9 Å². The van der Waals surface area contributed by atoms with Crippen LogP contribution in [0.2, 0.25) is 0 Å². The van der Waals surface area contributed by atoms with E-state index in [0.717, 1.165) is 16.6 Å². The number of hydrogen-bond donors (Lipinski definition) is 1. The Balaban J connectivity index is 2.08. The van der Waals surface area contributed by atoms with Gasteiger partial charge in [-0.3, -0.25) is 4.98 Å². The summed E-state index contributed by atoms with van der Waals surface area (Å²) < 4.78 is 43.6. The third-order valence-electron chi connectivity index (χ3n) is 2.50. The van der Waals surface area contributed by atoms with Crippen LogP contribution in [-0.2, 0) is 12.8 Å². The molecule has 0 radical (unpaired) electrons. The Labute approximate surface area is 121 Å². The monoisotopic (exact) mass is 346 g/mol. The van der Waals surface area contributed by atoms with Crippen LogP contribution in [0.4, 0.5) is 18.9 Å². The molecule has 2 N–H and O–H groups in total. The van der Waals surface area contributed by atoms with Crippen LogP contribution in [0.5, 0.6) is 5.75 Å². The lowest BCUT2D eigenvalue weighted by molar-refractivity contribution is -0.137. The van der Waals surface area contributed by atoms with E-state index >= 15 is 0 Å². The molecule has 20 heavy (non-hydrogen) atoms. The minimum absolute atomic E-state index is 0.0584. The average Bonchev–Trinajstić information content (AvgIpc) is 2.38. The summed E-state index contributed by atoms with van der Waals surface area (Å²) in [5.74, 6) is 0.197. The quantitative estimate of drug-likeness (QED) is 0.853. The molecule has 0 aliphatic carbocycles. The lowest BCUT2D eigenvalue weighted by Crippen LogP contribution is -2.07. The van der Waals surface area contributed by atoms with Crippen molar-refractivity contribution in [2.75, 3.05) is 5.73 Å². The van der Waals surface area contributed by atoms with E-state index < -0.39 is 11.7 Å². The van der Waals surface area contributed by atoms with Crippen molar-refractivity contribution in [2.24, 2.45) is 0 Å². The van der Waals surface area contributed by atoms with Crippen molar-refractivity contribution in [3.8, 4) is 5.75 Å². The van der Waals surface area contributed by atoms with Crippen molar-refractivity contribution in [2.45, 2.75) is 12.8 Å². The number of aromatic nitrogens is 1. The molecule has 0 fully saturated rings. The summed E-state index contributed by atoms with van der Waals surface area (Å²) in [6.07, 6.45) is -2.81. The average molecular weight is 347 g/mol. The lowest BCUT2D eigenvalue weighted by atomic mass is 10.2. The van der Waals surface area contributed by atoms with Gasteiger partial charge in [-0.05, 0) is 46.3 Å². The number of ether oxygens (including phenoxy) is 1. The smallest absolute Gasteiger partial charge is 0.416 e. The molecule has 0 amide bonds. The summed E-state index contributed by atoms with van der Waals surface area (Å²) >= 11 is 3.25. The van der Waals surface area contributed by atoms with Crippen LogP contribution in [0.25, 0.3) is 0 Å². The summed E-state index contributed by atoms with van der Waals surface area (Å²) in [6.45, 7) is 0.128. The van der Waals surface area contributed by atoms with Gasteiger partial charge in [0.05, 0.1) is 16.9 Å². The van der Waals surface area contributed by atoms with Gasteiger partial charge in [-0.25, -0.2) is 0 Å². The highest BCUT2D eigenvalue weighted by Crippen LogP contribution is 2.33. The molecule has 7 heteroatoms. The first-order valence-electron chi connectivity index (χ1n) is 5.56. The molecule has 0 aliphatic rings. The van der Waals surface area contributed by atoms with Crippen molar-refractivity contribution in [1.29, 1.82) is 0 Å². The Morgan fingerprint density at radius 3 is 2.50 bits per heavy atom. The second-order valence-electron chi connectivity index (χ2n) is 4.01. The molecule has 2 rings (SSSR count). The minimum atomic E-state index is -4.42. The SMILES string of the molecule is Nc1cc(C(F)(F)F)ccc1OCc1ccc(Br)cn1. The first-order chi connectivity index (χ1) is 9.36. The van der Waals surface area contributed by atoms with Gasteiger partial charge in [-0.2, -0.15) is 13.2 Å². The fourth-order valence-electron chi connectivity index (χ4n) is 1.50. The number of benzene rings is 1. The third-order valence-corrected chi connectivity index (χ3v) is 2.97. The topological polar surface area (TPSA) is 48.1 Å². The molecule has 0 atom stereocenters. The molecule has 0 unspecified atom stereocenters. The third kappa shape index (κ3) is 3.63. The van der Waals surface area contributed by atoms with Crippen molar-refractivity contribution >= 4 is 21.6 Å². The number of nitrogens with two attached hydrogens (primary N) is 1. The minimum Gasteiger partial charge on any atom is -0.485 e. The molecule has 0 aliphatic heterocycles. The summed E-state index contributed by atoms with van der Waals surface area (Å²) in [5, 5.41) is 0. The second kappa shape index (κ2) is 5.70. The van der Waals surface area contributed by atoms with Gasteiger partial charge in [0.1, 0.15) is 12.4 Å². The predicted molar refractivity (Wildman–Crippen MR) is 72.1 cm³/mol. The van der Waals surface area contributed by atoms with Crippen LogP contribution in [0.3, 0.4) is 0 Å². The fraction of sp³-hybridized carbons (Fsp3) is 0.154. The Hall–Kier alpha value is -1.76. The van der Waals surface area contributed by atoms with Gasteiger partial charge in [0.2, 0.25) is 0 Å². The Bertz CT molecular complexity index is 600. The van der Waals surface area contributed by atoms with Gasteiger partial charge in [0.25, 0.3) is 0 Å². The number of nitrogens with zero attached hydrogens (tertiary/aromatic N) is 1. The second-order valence-corrected chi connectivity index (χ2v) is 4.92. The zero-order chi connectivity index (χ0) is 14.8. The normalized spacial score (nSPS) is 11.4. The molecule has 0 spiro atoms. The van der Waals surface area contributed by atoms with E-state index in [2.05, 4.69) is 20.9 Å². The predicted octanol–water partition coefficient (Wildman–Crippen LogP) is 4.02. The van der Waals surface area contributed by atoms with Crippen LogP contribution in [0.15, 0.2) is 41.0 Å². The number of anilines is 1. The van der Waals surface area contributed by atoms with Gasteiger partial charge >= 0.3 is 6.18 Å². The number of halogens is 4. The van der Waals surface area contributed by atoms with Gasteiger partial charge in [0.15, 0.2) is 0 Å². The Morgan fingerprint density at radius 2 is 1.95 bits per heavy atom. The molecule has 0 saturated heterocycles. The van der Waals surface area contributed by atoms with Gasteiger partial charge in [-0.1, -0.05) is 0 Å². The van der Waals surface area contributed by atoms with E-state index in [-0.39, 0.29) is 18.0 Å². The number of rotatable bonds is 3. The highest BCUT2D eigenvalue weighted by atomic mass is 79.9. The van der Waals surface area contributed by atoms with Crippen molar-refractivity contribution in [3.05, 3.63) is 52.3 Å². The largest absolute Gasteiger partial charge is 0.485 e.